The molecule has 2 aromatic rings. The van der Waals surface area contributed by atoms with Gasteiger partial charge in [-0.25, -0.2) is 13.2 Å². The molecule has 0 spiro atoms. The van der Waals surface area contributed by atoms with Crippen LogP contribution in [0.3, 0.4) is 0 Å². The molecule has 1 amide bonds. The second-order valence-electron chi connectivity index (χ2n) is 6.26. The number of benzene rings is 1. The Morgan fingerprint density at radius 2 is 1.89 bits per heavy atom. The van der Waals surface area contributed by atoms with Crippen LogP contribution in [-0.2, 0) is 19.4 Å². The van der Waals surface area contributed by atoms with Gasteiger partial charge in [-0.05, 0) is 32.4 Å². The maximum absolute atomic E-state index is 12.2. The Hall–Kier alpha value is -2.68. The number of esters is 1. The van der Waals surface area contributed by atoms with E-state index in [0.29, 0.717) is 28.6 Å². The van der Waals surface area contributed by atoms with Crippen LogP contribution in [0.4, 0.5) is 5.69 Å². The first-order valence-corrected chi connectivity index (χ1v) is 10.2. The number of amides is 1. The molecule has 1 aromatic carbocycles. The van der Waals surface area contributed by atoms with Gasteiger partial charge >= 0.3 is 5.97 Å². The summed E-state index contributed by atoms with van der Waals surface area (Å²) in [6.45, 7) is 4.81. The molecule has 0 radical (unpaired) electrons. The Morgan fingerprint density at radius 3 is 2.44 bits per heavy atom. The van der Waals surface area contributed by atoms with Crippen LogP contribution in [-0.4, -0.2) is 49.7 Å². The highest BCUT2D eigenvalue weighted by Gasteiger charge is 2.21. The summed E-state index contributed by atoms with van der Waals surface area (Å²) in [6.07, 6.45) is 0.412. The molecule has 0 aliphatic rings. The summed E-state index contributed by atoms with van der Waals surface area (Å²) in [6, 6.07) is 2.89. The van der Waals surface area contributed by atoms with Crippen molar-refractivity contribution in [2.24, 2.45) is 0 Å². The van der Waals surface area contributed by atoms with Crippen molar-refractivity contribution < 1.29 is 27.5 Å². The van der Waals surface area contributed by atoms with Gasteiger partial charge in [0.05, 0.1) is 29.6 Å². The van der Waals surface area contributed by atoms with Gasteiger partial charge in [0.15, 0.2) is 15.6 Å². The molecule has 27 heavy (non-hydrogen) atoms. The van der Waals surface area contributed by atoms with E-state index < -0.39 is 27.5 Å². The summed E-state index contributed by atoms with van der Waals surface area (Å²) >= 11 is 0. The zero-order valence-corrected chi connectivity index (χ0v) is 16.5. The number of hydrogen-bond donors (Lipinski definition) is 2. The lowest BCUT2D eigenvalue weighted by Crippen LogP contribution is -2.24. The van der Waals surface area contributed by atoms with Crippen molar-refractivity contribution >= 4 is 44.1 Å². The molecule has 1 heterocycles. The molecule has 0 aliphatic heterocycles. The minimum absolute atomic E-state index is 0.0892. The van der Waals surface area contributed by atoms with Crippen molar-refractivity contribution in [3.8, 4) is 0 Å². The topological polar surface area (TPSA) is 122 Å². The number of sulfone groups is 1. The highest BCUT2D eigenvalue weighted by Crippen LogP contribution is 2.30. The quantitative estimate of drug-likeness (QED) is 0.548. The van der Waals surface area contributed by atoms with E-state index in [9.17, 15) is 22.8 Å². The number of Topliss-reactive ketones (excluding diaryl/α,β-unsaturated/α-hetero) is 1. The highest BCUT2D eigenvalue weighted by atomic mass is 32.2. The van der Waals surface area contributed by atoms with E-state index in [2.05, 4.69) is 10.3 Å². The molecule has 0 atom stereocenters. The summed E-state index contributed by atoms with van der Waals surface area (Å²) in [5, 5.41) is 2.98. The molecule has 9 heteroatoms. The number of carbonyl (C=O) groups is 3. The third-order valence-electron chi connectivity index (χ3n) is 4.01. The molecule has 2 rings (SSSR count). The lowest BCUT2D eigenvalue weighted by atomic mass is 10.0. The van der Waals surface area contributed by atoms with E-state index >= 15 is 0 Å². The number of nitrogens with one attached hydrogen (secondary N) is 2. The number of fused-ring (bicyclic) bond motifs is 1. The van der Waals surface area contributed by atoms with Crippen molar-refractivity contribution in [1.82, 2.24) is 4.98 Å². The fourth-order valence-electron chi connectivity index (χ4n) is 2.98. The Morgan fingerprint density at radius 1 is 1.22 bits per heavy atom. The third-order valence-corrected chi connectivity index (χ3v) is 5.74. The second kappa shape index (κ2) is 7.91. The van der Waals surface area contributed by atoms with Crippen molar-refractivity contribution in [1.29, 1.82) is 0 Å². The van der Waals surface area contributed by atoms with Gasteiger partial charge in [-0.3, -0.25) is 9.59 Å². The van der Waals surface area contributed by atoms with Crippen LogP contribution < -0.4 is 5.32 Å². The van der Waals surface area contributed by atoms with E-state index in [0.717, 1.165) is 0 Å². The monoisotopic (exact) mass is 394 g/mol. The Kier molecular flexibility index (Phi) is 6.04. The predicted molar refractivity (Wildman–Crippen MR) is 102 cm³/mol. The fourth-order valence-corrected chi connectivity index (χ4v) is 4.22. The van der Waals surface area contributed by atoms with Crippen LogP contribution in [0, 0.1) is 6.92 Å². The summed E-state index contributed by atoms with van der Waals surface area (Å²) in [5.41, 5.74) is 1.75. The van der Waals surface area contributed by atoms with Crippen LogP contribution in [0.15, 0.2) is 12.1 Å². The number of aryl methyl sites for hydroxylation is 1. The molecule has 0 aliphatic carbocycles. The van der Waals surface area contributed by atoms with E-state index in [1.165, 1.54) is 26.2 Å². The minimum Gasteiger partial charge on any atom is -0.465 e. The summed E-state index contributed by atoms with van der Waals surface area (Å²) in [4.78, 5) is 39.2. The van der Waals surface area contributed by atoms with Gasteiger partial charge in [0.25, 0.3) is 0 Å². The van der Waals surface area contributed by atoms with Gasteiger partial charge in [-0.2, -0.15) is 0 Å². The average molecular weight is 394 g/mol. The molecule has 146 valence electrons. The Balaban J connectivity index is 2.54. The van der Waals surface area contributed by atoms with E-state index in [1.807, 2.05) is 0 Å². The number of ether oxygens (including phenoxy) is 1. The average Bonchev–Trinajstić information content (AvgIpc) is 2.89. The maximum atomic E-state index is 12.2. The molecule has 0 unspecified atom stereocenters. The van der Waals surface area contributed by atoms with Gasteiger partial charge in [-0.1, -0.05) is 6.92 Å². The lowest BCUT2D eigenvalue weighted by molar-refractivity contribution is -0.113. The van der Waals surface area contributed by atoms with Gasteiger partial charge in [-0.15, -0.1) is 0 Å². The smallest absolute Gasteiger partial charge is 0.337 e. The van der Waals surface area contributed by atoms with Crippen LogP contribution in [0.25, 0.3) is 10.9 Å². The third kappa shape index (κ3) is 4.54. The molecular formula is C18H22N2O6S. The number of aromatic amines is 1. The van der Waals surface area contributed by atoms with Crippen molar-refractivity contribution in [3.63, 3.8) is 0 Å². The number of H-pyrrole nitrogens is 1. The van der Waals surface area contributed by atoms with Gasteiger partial charge in [0, 0.05) is 16.6 Å². The van der Waals surface area contributed by atoms with Gasteiger partial charge in [0.2, 0.25) is 5.91 Å². The van der Waals surface area contributed by atoms with E-state index in [1.54, 1.807) is 13.8 Å². The van der Waals surface area contributed by atoms with Gasteiger partial charge < -0.3 is 15.0 Å². The number of carbonyl (C=O) groups excluding carboxylic acids is 3. The zero-order chi connectivity index (χ0) is 20.4. The fraction of sp³-hybridized carbons (Fsp3) is 0.389. The highest BCUT2D eigenvalue weighted by molar-refractivity contribution is 7.92. The summed E-state index contributed by atoms with van der Waals surface area (Å²) < 4.78 is 28.5. The Bertz CT molecular complexity index is 1020. The number of methoxy groups -OCH3 is 1. The number of ketones is 1. The molecule has 0 bridgehead atoms. The summed E-state index contributed by atoms with van der Waals surface area (Å²) in [7, 11) is -2.30. The van der Waals surface area contributed by atoms with Crippen molar-refractivity contribution in [3.05, 3.63) is 29.0 Å². The standard InChI is InChI=1S/C18H22N2O6S/c1-5-6-27(24,25)9-15(22)20-14-8-12(18(23)26-4)7-13-16(11(3)21)10(2)19-17(13)14/h7-8,19H,5-6,9H2,1-4H3,(H,20,22). The number of aromatic nitrogens is 1. The molecule has 2 N–H and O–H groups in total. The number of rotatable bonds is 7. The second-order valence-corrected chi connectivity index (χ2v) is 8.44. The van der Waals surface area contributed by atoms with E-state index in [-0.39, 0.29) is 22.8 Å². The maximum Gasteiger partial charge on any atom is 0.337 e. The minimum atomic E-state index is -3.52. The Labute approximate surface area is 157 Å². The molecule has 0 saturated carbocycles. The number of hydrogen-bond acceptors (Lipinski definition) is 6. The van der Waals surface area contributed by atoms with Gasteiger partial charge in [0.1, 0.15) is 5.75 Å². The molecule has 0 fully saturated rings. The molecule has 0 saturated heterocycles. The van der Waals surface area contributed by atoms with Crippen molar-refractivity contribution in [2.45, 2.75) is 27.2 Å². The predicted octanol–water partition coefficient (Wildman–Crippen LogP) is 2.23. The molecular weight excluding hydrogens is 372 g/mol. The van der Waals surface area contributed by atoms with Crippen molar-refractivity contribution in [2.75, 3.05) is 23.9 Å². The largest absolute Gasteiger partial charge is 0.465 e. The van der Waals surface area contributed by atoms with Crippen LogP contribution in [0.2, 0.25) is 0 Å². The summed E-state index contributed by atoms with van der Waals surface area (Å²) in [5.74, 6) is -2.32. The zero-order valence-electron chi connectivity index (χ0n) is 15.6. The number of anilines is 1. The van der Waals surface area contributed by atoms with Crippen LogP contribution >= 0.6 is 0 Å². The van der Waals surface area contributed by atoms with E-state index in [4.69, 9.17) is 4.74 Å². The van der Waals surface area contributed by atoms with Crippen LogP contribution in [0.5, 0.6) is 0 Å². The van der Waals surface area contributed by atoms with Crippen LogP contribution in [0.1, 0.15) is 46.7 Å². The lowest BCUT2D eigenvalue weighted by Gasteiger charge is -2.09. The molecule has 1 aromatic heterocycles. The first-order chi connectivity index (χ1) is 12.6. The molecule has 8 nitrogen and oxygen atoms in total. The SMILES string of the molecule is CCCS(=O)(=O)CC(=O)Nc1cc(C(=O)OC)cc2c(C(C)=O)c(C)[nH]c12. The first kappa shape index (κ1) is 20.6. The first-order valence-electron chi connectivity index (χ1n) is 8.35. The normalized spacial score (nSPS) is 11.4.